The monoisotopic (exact) mass is 326 g/mol. The molecule has 0 bridgehead atoms. The third-order valence-electron chi connectivity index (χ3n) is 4.54. The molecule has 0 saturated heterocycles. The first-order valence-electron chi connectivity index (χ1n) is 10.1. The quantitative estimate of drug-likeness (QED) is 0.245. The van der Waals surface area contributed by atoms with Gasteiger partial charge < -0.3 is 4.74 Å². The van der Waals surface area contributed by atoms with E-state index in [0.29, 0.717) is 6.61 Å². The zero-order valence-corrected chi connectivity index (χ0v) is 16.5. The molecule has 1 atom stereocenters. The predicted octanol–water partition coefficient (Wildman–Crippen LogP) is 6.77. The third-order valence-corrected chi connectivity index (χ3v) is 4.54. The van der Waals surface area contributed by atoms with Gasteiger partial charge in [-0.15, -0.1) is 0 Å². The van der Waals surface area contributed by atoms with E-state index in [1.54, 1.807) is 0 Å². The topological polar surface area (TPSA) is 26.3 Å². The first kappa shape index (κ1) is 22.5. The summed E-state index contributed by atoms with van der Waals surface area (Å²) in [6.45, 7) is 11.4. The highest BCUT2D eigenvalue weighted by Crippen LogP contribution is 2.18. The number of rotatable bonds is 15. The second-order valence-corrected chi connectivity index (χ2v) is 8.02. The van der Waals surface area contributed by atoms with Gasteiger partial charge in [0, 0.05) is 0 Å². The van der Waals surface area contributed by atoms with Crippen LogP contribution >= 0.6 is 0 Å². The average Bonchev–Trinajstić information content (AvgIpc) is 2.48. The minimum Gasteiger partial charge on any atom is -0.465 e. The SMILES string of the molecule is CC(C)CCC[C@H](C)CCCCCCCCCOC(=O)C(C)C. The molecule has 0 aromatic heterocycles. The molecule has 0 heterocycles. The molecule has 0 aliphatic heterocycles. The zero-order valence-electron chi connectivity index (χ0n) is 16.5. The molecule has 0 N–H and O–H groups in total. The van der Waals surface area contributed by atoms with Gasteiger partial charge >= 0.3 is 5.97 Å². The highest BCUT2D eigenvalue weighted by Gasteiger charge is 2.07. The molecule has 0 unspecified atom stereocenters. The Morgan fingerprint density at radius 1 is 0.696 bits per heavy atom. The van der Waals surface area contributed by atoms with Crippen LogP contribution in [0.15, 0.2) is 0 Å². The fraction of sp³-hybridized carbons (Fsp3) is 0.952. The Hall–Kier alpha value is -0.530. The lowest BCUT2D eigenvalue weighted by molar-refractivity contribution is -0.147. The molecular formula is C21H42O2. The maximum absolute atomic E-state index is 11.3. The average molecular weight is 327 g/mol. The van der Waals surface area contributed by atoms with Crippen molar-refractivity contribution in [1.82, 2.24) is 0 Å². The van der Waals surface area contributed by atoms with Gasteiger partial charge in [-0.3, -0.25) is 4.79 Å². The number of carbonyl (C=O) groups excluding carboxylic acids is 1. The summed E-state index contributed by atoms with van der Waals surface area (Å²) in [6, 6.07) is 0. The van der Waals surface area contributed by atoms with Crippen LogP contribution in [0.25, 0.3) is 0 Å². The van der Waals surface area contributed by atoms with Gasteiger partial charge in [-0.1, -0.05) is 98.8 Å². The van der Waals surface area contributed by atoms with E-state index in [9.17, 15) is 4.79 Å². The van der Waals surface area contributed by atoms with Crippen molar-refractivity contribution in [3.63, 3.8) is 0 Å². The van der Waals surface area contributed by atoms with Gasteiger partial charge in [0.05, 0.1) is 12.5 Å². The van der Waals surface area contributed by atoms with Crippen molar-refractivity contribution < 1.29 is 9.53 Å². The number of unbranched alkanes of at least 4 members (excludes halogenated alkanes) is 6. The third kappa shape index (κ3) is 16.1. The lowest BCUT2D eigenvalue weighted by Crippen LogP contribution is -2.12. The molecule has 2 heteroatoms. The highest BCUT2D eigenvalue weighted by atomic mass is 16.5. The van der Waals surface area contributed by atoms with Crippen LogP contribution < -0.4 is 0 Å². The Kier molecular flexibility index (Phi) is 14.7. The van der Waals surface area contributed by atoms with E-state index >= 15 is 0 Å². The van der Waals surface area contributed by atoms with E-state index in [0.717, 1.165) is 18.3 Å². The predicted molar refractivity (Wildman–Crippen MR) is 101 cm³/mol. The van der Waals surface area contributed by atoms with Crippen LogP contribution in [0.5, 0.6) is 0 Å². The van der Waals surface area contributed by atoms with Crippen LogP contribution in [0.2, 0.25) is 0 Å². The molecule has 0 aliphatic rings. The van der Waals surface area contributed by atoms with Crippen LogP contribution in [0.4, 0.5) is 0 Å². The summed E-state index contributed by atoms with van der Waals surface area (Å²) >= 11 is 0. The summed E-state index contributed by atoms with van der Waals surface area (Å²) in [7, 11) is 0. The fourth-order valence-corrected chi connectivity index (χ4v) is 2.84. The number of ether oxygens (including phenoxy) is 1. The maximum Gasteiger partial charge on any atom is 0.308 e. The Balaban J connectivity index is 3.23. The van der Waals surface area contributed by atoms with Crippen LogP contribution in [-0.2, 0) is 9.53 Å². The van der Waals surface area contributed by atoms with Gasteiger partial charge in [0.1, 0.15) is 0 Å². The van der Waals surface area contributed by atoms with Crippen LogP contribution in [0.1, 0.15) is 105 Å². The molecule has 0 radical (unpaired) electrons. The Morgan fingerprint density at radius 2 is 1.22 bits per heavy atom. The van der Waals surface area contributed by atoms with Crippen molar-refractivity contribution in [3.8, 4) is 0 Å². The fourth-order valence-electron chi connectivity index (χ4n) is 2.84. The van der Waals surface area contributed by atoms with Gasteiger partial charge in [-0.2, -0.15) is 0 Å². The Labute approximate surface area is 145 Å². The highest BCUT2D eigenvalue weighted by molar-refractivity contribution is 5.71. The molecule has 0 aliphatic carbocycles. The van der Waals surface area contributed by atoms with Crippen molar-refractivity contribution >= 4 is 5.97 Å². The van der Waals surface area contributed by atoms with Gasteiger partial charge in [0.25, 0.3) is 0 Å². The van der Waals surface area contributed by atoms with Crippen LogP contribution in [-0.4, -0.2) is 12.6 Å². The molecule has 0 spiro atoms. The molecule has 0 rings (SSSR count). The normalized spacial score (nSPS) is 12.8. The van der Waals surface area contributed by atoms with Crippen molar-refractivity contribution in [2.75, 3.05) is 6.61 Å². The number of carbonyl (C=O) groups is 1. The minimum atomic E-state index is -0.0625. The van der Waals surface area contributed by atoms with E-state index in [4.69, 9.17) is 4.74 Å². The molecule has 23 heavy (non-hydrogen) atoms. The van der Waals surface area contributed by atoms with E-state index in [2.05, 4.69) is 20.8 Å². The molecule has 0 aromatic rings. The largest absolute Gasteiger partial charge is 0.465 e. The first-order chi connectivity index (χ1) is 10.9. The molecule has 138 valence electrons. The standard InChI is InChI=1S/C21H42O2/c1-18(2)14-13-16-20(5)15-11-9-7-6-8-10-12-17-23-21(22)19(3)4/h18-20H,6-17H2,1-5H3/t20-/m1/s1. The summed E-state index contributed by atoms with van der Waals surface area (Å²) in [4.78, 5) is 11.3. The van der Waals surface area contributed by atoms with E-state index in [1.807, 2.05) is 13.8 Å². The van der Waals surface area contributed by atoms with Crippen molar-refractivity contribution in [2.45, 2.75) is 105 Å². The van der Waals surface area contributed by atoms with Crippen LogP contribution in [0, 0.1) is 17.8 Å². The maximum atomic E-state index is 11.3. The molecule has 0 amide bonds. The van der Waals surface area contributed by atoms with Gasteiger partial charge in [0.15, 0.2) is 0 Å². The van der Waals surface area contributed by atoms with E-state index < -0.39 is 0 Å². The Morgan fingerprint density at radius 3 is 1.78 bits per heavy atom. The summed E-state index contributed by atoms with van der Waals surface area (Å²) in [5.41, 5.74) is 0. The van der Waals surface area contributed by atoms with Crippen molar-refractivity contribution in [2.24, 2.45) is 17.8 Å². The molecular weight excluding hydrogens is 284 g/mol. The Bertz CT molecular complexity index is 271. The number of hydrogen-bond acceptors (Lipinski definition) is 2. The smallest absolute Gasteiger partial charge is 0.308 e. The molecule has 2 nitrogen and oxygen atoms in total. The summed E-state index contributed by atoms with van der Waals surface area (Å²) in [5, 5.41) is 0. The van der Waals surface area contributed by atoms with E-state index in [1.165, 1.54) is 64.2 Å². The lowest BCUT2D eigenvalue weighted by Gasteiger charge is -2.12. The zero-order chi connectivity index (χ0) is 17.5. The number of esters is 1. The van der Waals surface area contributed by atoms with E-state index in [-0.39, 0.29) is 11.9 Å². The van der Waals surface area contributed by atoms with Gasteiger partial charge in [-0.05, 0) is 18.3 Å². The molecule has 0 saturated carbocycles. The second kappa shape index (κ2) is 15.0. The first-order valence-corrected chi connectivity index (χ1v) is 10.1. The second-order valence-electron chi connectivity index (χ2n) is 8.02. The molecule has 0 aromatic carbocycles. The number of hydrogen-bond donors (Lipinski definition) is 0. The summed E-state index contributed by atoms with van der Waals surface area (Å²) in [6.07, 6.45) is 14.6. The van der Waals surface area contributed by atoms with Gasteiger partial charge in [-0.25, -0.2) is 0 Å². The van der Waals surface area contributed by atoms with Gasteiger partial charge in [0.2, 0.25) is 0 Å². The van der Waals surface area contributed by atoms with Crippen molar-refractivity contribution in [3.05, 3.63) is 0 Å². The molecule has 0 fully saturated rings. The summed E-state index contributed by atoms with van der Waals surface area (Å²) in [5.74, 6) is 1.70. The summed E-state index contributed by atoms with van der Waals surface area (Å²) < 4.78 is 5.18. The van der Waals surface area contributed by atoms with Crippen molar-refractivity contribution in [1.29, 1.82) is 0 Å². The van der Waals surface area contributed by atoms with Crippen LogP contribution in [0.3, 0.4) is 0 Å². The lowest BCUT2D eigenvalue weighted by atomic mass is 9.95. The minimum absolute atomic E-state index is 0.00256.